The van der Waals surface area contributed by atoms with Crippen molar-refractivity contribution in [1.29, 1.82) is 0 Å². The summed E-state index contributed by atoms with van der Waals surface area (Å²) in [6.07, 6.45) is 9.77. The third-order valence-corrected chi connectivity index (χ3v) is 5.85. The van der Waals surface area contributed by atoms with Gasteiger partial charge in [-0.3, -0.25) is 9.59 Å². The predicted molar refractivity (Wildman–Crippen MR) is 121 cm³/mol. The molecule has 0 fully saturated rings. The number of hydrogen-bond donors (Lipinski definition) is 2. The number of carboxylic acids is 2. The van der Waals surface area contributed by atoms with Gasteiger partial charge in [-0.1, -0.05) is 71.3 Å². The van der Waals surface area contributed by atoms with E-state index < -0.39 is 23.8 Å². The summed E-state index contributed by atoms with van der Waals surface area (Å²) < 4.78 is 0. The number of allylic oxidation sites excluding steroid dienone is 4. The molecule has 0 spiro atoms. The Hall–Kier alpha value is -1.58. The molecule has 2 N–H and O–H groups in total. The summed E-state index contributed by atoms with van der Waals surface area (Å²) in [4.78, 5) is 22.3. The van der Waals surface area contributed by atoms with Crippen LogP contribution in [0.3, 0.4) is 0 Å². The first-order valence-electron chi connectivity index (χ1n) is 11.2. The van der Waals surface area contributed by atoms with Crippen molar-refractivity contribution in [2.24, 2.45) is 35.5 Å². The van der Waals surface area contributed by atoms with Crippen molar-refractivity contribution in [3.8, 4) is 0 Å². The molecular weight excluding hydrogens is 364 g/mol. The Kier molecular flexibility index (Phi) is 12.9. The van der Waals surface area contributed by atoms with Crippen molar-refractivity contribution >= 4 is 11.9 Å². The summed E-state index contributed by atoms with van der Waals surface area (Å²) in [5, 5.41) is 18.2. The summed E-state index contributed by atoms with van der Waals surface area (Å²) in [7, 11) is 0. The van der Waals surface area contributed by atoms with Crippen molar-refractivity contribution in [3.63, 3.8) is 0 Å². The first-order valence-corrected chi connectivity index (χ1v) is 11.2. The minimum atomic E-state index is -1.36. The van der Waals surface area contributed by atoms with Crippen LogP contribution < -0.4 is 0 Å². The molecule has 4 heteroatoms. The van der Waals surface area contributed by atoms with Crippen molar-refractivity contribution in [3.05, 3.63) is 23.3 Å². The Labute approximate surface area is 178 Å². The van der Waals surface area contributed by atoms with E-state index in [0.29, 0.717) is 18.3 Å². The largest absolute Gasteiger partial charge is 0.481 e. The lowest BCUT2D eigenvalue weighted by atomic mass is 9.84. The second-order valence-corrected chi connectivity index (χ2v) is 9.65. The molecule has 0 heterocycles. The third kappa shape index (κ3) is 11.9. The van der Waals surface area contributed by atoms with Crippen LogP contribution >= 0.6 is 0 Å². The standard InChI is InChI=1S/C25H44O4/c1-9-16(2)10-17(3)11-18(4)12-19(5)13-20(6)14-21(7)15-22(8)23(24(26)27)25(28)29/h13-14,16-19,22-23H,9-12,15H2,1-8H3,(H,26,27)(H,28,29)/b20-13+,21-14-. The Bertz CT molecular complexity index is 561. The lowest BCUT2D eigenvalue weighted by Crippen LogP contribution is -2.29. The molecule has 5 atom stereocenters. The minimum absolute atomic E-state index is 0.446. The van der Waals surface area contributed by atoms with Gasteiger partial charge in [0.05, 0.1) is 0 Å². The van der Waals surface area contributed by atoms with Crippen molar-refractivity contribution in [2.45, 2.75) is 87.5 Å². The Morgan fingerprint density at radius 2 is 1.31 bits per heavy atom. The van der Waals surface area contributed by atoms with Crippen LogP contribution in [0.5, 0.6) is 0 Å². The van der Waals surface area contributed by atoms with Gasteiger partial charge in [0.25, 0.3) is 0 Å². The SMILES string of the molecule is CCC(C)CC(C)CC(C)CC(C)/C=C(C)/C=C(/C)CC(C)C(C(=O)O)C(=O)O. The molecule has 0 amide bonds. The minimum Gasteiger partial charge on any atom is -0.481 e. The number of carbonyl (C=O) groups is 2. The summed E-state index contributed by atoms with van der Waals surface area (Å²) >= 11 is 0. The number of rotatable bonds is 14. The quantitative estimate of drug-likeness (QED) is 0.244. The maximum absolute atomic E-state index is 11.2. The van der Waals surface area contributed by atoms with Crippen LogP contribution in [-0.4, -0.2) is 22.2 Å². The van der Waals surface area contributed by atoms with Gasteiger partial charge in [-0.15, -0.1) is 0 Å². The zero-order chi connectivity index (χ0) is 22.7. The van der Waals surface area contributed by atoms with E-state index in [0.717, 1.165) is 29.4 Å². The van der Waals surface area contributed by atoms with Gasteiger partial charge in [0.15, 0.2) is 5.92 Å². The fraction of sp³-hybridized carbons (Fsp3) is 0.760. The van der Waals surface area contributed by atoms with Gasteiger partial charge in [-0.05, 0) is 69.1 Å². The van der Waals surface area contributed by atoms with E-state index in [1.807, 2.05) is 6.92 Å². The normalized spacial score (nSPS) is 18.2. The van der Waals surface area contributed by atoms with Gasteiger partial charge in [0.1, 0.15) is 0 Å². The number of carboxylic acid groups (broad SMARTS) is 2. The Morgan fingerprint density at radius 3 is 1.79 bits per heavy atom. The van der Waals surface area contributed by atoms with E-state index in [1.54, 1.807) is 6.92 Å². The molecule has 0 rings (SSSR count). The molecule has 0 radical (unpaired) electrons. The second kappa shape index (κ2) is 13.6. The number of hydrogen-bond acceptors (Lipinski definition) is 2. The molecule has 29 heavy (non-hydrogen) atoms. The fourth-order valence-corrected chi connectivity index (χ4v) is 4.60. The molecule has 0 saturated carbocycles. The van der Waals surface area contributed by atoms with Crippen LogP contribution in [-0.2, 0) is 9.59 Å². The van der Waals surface area contributed by atoms with E-state index in [4.69, 9.17) is 10.2 Å². The van der Waals surface area contributed by atoms with Crippen LogP contribution in [0.1, 0.15) is 87.5 Å². The first kappa shape index (κ1) is 27.4. The fourth-order valence-electron chi connectivity index (χ4n) is 4.60. The van der Waals surface area contributed by atoms with Crippen molar-refractivity contribution in [1.82, 2.24) is 0 Å². The zero-order valence-electron chi connectivity index (χ0n) is 19.9. The highest BCUT2D eigenvalue weighted by Gasteiger charge is 2.31. The zero-order valence-corrected chi connectivity index (χ0v) is 19.9. The highest BCUT2D eigenvalue weighted by atomic mass is 16.4. The average molecular weight is 409 g/mol. The Morgan fingerprint density at radius 1 is 0.828 bits per heavy atom. The third-order valence-electron chi connectivity index (χ3n) is 5.85. The predicted octanol–water partition coefficient (Wildman–Crippen LogP) is 6.82. The van der Waals surface area contributed by atoms with Gasteiger partial charge in [-0.25, -0.2) is 0 Å². The van der Waals surface area contributed by atoms with Crippen LogP contribution in [0.25, 0.3) is 0 Å². The van der Waals surface area contributed by atoms with Crippen molar-refractivity contribution in [2.75, 3.05) is 0 Å². The first-order chi connectivity index (χ1) is 13.4. The van der Waals surface area contributed by atoms with Gasteiger partial charge in [0, 0.05) is 0 Å². The molecule has 168 valence electrons. The molecule has 0 aromatic heterocycles. The maximum atomic E-state index is 11.2. The molecule has 0 aromatic rings. The molecular formula is C25H44O4. The lowest BCUT2D eigenvalue weighted by Gasteiger charge is -2.21. The molecule has 0 aliphatic heterocycles. The Balaban J connectivity index is 4.74. The summed E-state index contributed by atoms with van der Waals surface area (Å²) in [6.45, 7) is 17.2. The van der Waals surface area contributed by atoms with E-state index in [9.17, 15) is 9.59 Å². The summed E-state index contributed by atoms with van der Waals surface area (Å²) in [5.74, 6) is -1.62. The summed E-state index contributed by atoms with van der Waals surface area (Å²) in [5.41, 5.74) is 2.17. The van der Waals surface area contributed by atoms with Crippen LogP contribution in [0.15, 0.2) is 23.3 Å². The van der Waals surface area contributed by atoms with E-state index in [1.165, 1.54) is 19.3 Å². The van der Waals surface area contributed by atoms with Gasteiger partial charge >= 0.3 is 11.9 Å². The van der Waals surface area contributed by atoms with Crippen LogP contribution in [0, 0.1) is 35.5 Å². The topological polar surface area (TPSA) is 74.6 Å². The molecule has 0 aliphatic rings. The van der Waals surface area contributed by atoms with Gasteiger partial charge < -0.3 is 10.2 Å². The smallest absolute Gasteiger partial charge is 0.318 e. The van der Waals surface area contributed by atoms with E-state index >= 15 is 0 Å². The van der Waals surface area contributed by atoms with Crippen LogP contribution in [0.2, 0.25) is 0 Å². The van der Waals surface area contributed by atoms with Crippen molar-refractivity contribution < 1.29 is 19.8 Å². The van der Waals surface area contributed by atoms with E-state index in [2.05, 4.69) is 53.7 Å². The summed E-state index contributed by atoms with van der Waals surface area (Å²) in [6, 6.07) is 0. The second-order valence-electron chi connectivity index (χ2n) is 9.65. The molecule has 0 bridgehead atoms. The molecule has 5 unspecified atom stereocenters. The van der Waals surface area contributed by atoms with Crippen LogP contribution in [0.4, 0.5) is 0 Å². The van der Waals surface area contributed by atoms with E-state index in [-0.39, 0.29) is 0 Å². The lowest BCUT2D eigenvalue weighted by molar-refractivity contribution is -0.156. The highest BCUT2D eigenvalue weighted by Crippen LogP contribution is 2.26. The maximum Gasteiger partial charge on any atom is 0.318 e. The van der Waals surface area contributed by atoms with Gasteiger partial charge in [-0.2, -0.15) is 0 Å². The average Bonchev–Trinajstić information content (AvgIpc) is 2.52. The highest BCUT2D eigenvalue weighted by molar-refractivity contribution is 5.93. The molecule has 4 nitrogen and oxygen atoms in total. The molecule has 0 saturated heterocycles. The number of aliphatic carboxylic acids is 2. The monoisotopic (exact) mass is 408 g/mol. The van der Waals surface area contributed by atoms with Gasteiger partial charge in [0.2, 0.25) is 0 Å². The molecule has 0 aliphatic carbocycles. The molecule has 0 aromatic carbocycles.